The maximum atomic E-state index is 13.7. The summed E-state index contributed by atoms with van der Waals surface area (Å²) in [5.74, 6) is 0.212. The molecular formula is C13H22FN5O. The van der Waals surface area contributed by atoms with Crippen molar-refractivity contribution < 1.29 is 9.13 Å². The number of anilines is 2. The molecule has 1 fully saturated rings. The number of nitrogens with zero attached hydrogens (tertiary/aromatic N) is 3. The van der Waals surface area contributed by atoms with Crippen LogP contribution in [0.2, 0.25) is 0 Å². The van der Waals surface area contributed by atoms with Crippen molar-refractivity contribution in [1.82, 2.24) is 14.9 Å². The maximum Gasteiger partial charge on any atom is 0.224 e. The van der Waals surface area contributed by atoms with E-state index in [9.17, 15) is 4.39 Å². The lowest BCUT2D eigenvalue weighted by Crippen LogP contribution is -2.43. The van der Waals surface area contributed by atoms with E-state index in [4.69, 9.17) is 4.74 Å². The fourth-order valence-corrected chi connectivity index (χ4v) is 2.01. The SMILES string of the molecule is CCCNc1ncc(F)c(NCC2CN(C)CCO2)n1. The van der Waals surface area contributed by atoms with E-state index in [0.29, 0.717) is 19.1 Å². The summed E-state index contributed by atoms with van der Waals surface area (Å²) in [6.07, 6.45) is 2.20. The summed E-state index contributed by atoms with van der Waals surface area (Å²) in [7, 11) is 2.05. The second kappa shape index (κ2) is 7.35. The van der Waals surface area contributed by atoms with E-state index in [-0.39, 0.29) is 11.9 Å². The molecule has 0 aliphatic carbocycles. The van der Waals surface area contributed by atoms with Gasteiger partial charge in [0.15, 0.2) is 11.6 Å². The normalized spacial score (nSPS) is 19.9. The van der Waals surface area contributed by atoms with Crippen molar-refractivity contribution in [1.29, 1.82) is 0 Å². The zero-order chi connectivity index (χ0) is 14.4. The molecule has 112 valence electrons. The molecule has 2 heterocycles. The van der Waals surface area contributed by atoms with Crippen molar-refractivity contribution >= 4 is 11.8 Å². The first-order valence-electron chi connectivity index (χ1n) is 6.99. The first-order valence-corrected chi connectivity index (χ1v) is 6.99. The highest BCUT2D eigenvalue weighted by Gasteiger charge is 2.18. The second-order valence-corrected chi connectivity index (χ2v) is 4.95. The highest BCUT2D eigenvalue weighted by atomic mass is 19.1. The summed E-state index contributed by atoms with van der Waals surface area (Å²) < 4.78 is 19.3. The van der Waals surface area contributed by atoms with Gasteiger partial charge in [0.25, 0.3) is 0 Å². The number of aromatic nitrogens is 2. The van der Waals surface area contributed by atoms with E-state index < -0.39 is 5.82 Å². The first kappa shape index (κ1) is 14.9. The van der Waals surface area contributed by atoms with Crippen LogP contribution in [0.3, 0.4) is 0 Å². The molecule has 1 aromatic heterocycles. The summed E-state index contributed by atoms with van der Waals surface area (Å²) in [5.41, 5.74) is 0. The molecule has 2 N–H and O–H groups in total. The molecule has 1 aliphatic rings. The monoisotopic (exact) mass is 283 g/mol. The molecule has 1 saturated heterocycles. The zero-order valence-corrected chi connectivity index (χ0v) is 12.0. The van der Waals surface area contributed by atoms with Crippen LogP contribution in [0.5, 0.6) is 0 Å². The summed E-state index contributed by atoms with van der Waals surface area (Å²) in [6.45, 7) is 5.82. The van der Waals surface area contributed by atoms with Gasteiger partial charge >= 0.3 is 0 Å². The fourth-order valence-electron chi connectivity index (χ4n) is 2.01. The van der Waals surface area contributed by atoms with E-state index in [0.717, 1.165) is 26.1 Å². The van der Waals surface area contributed by atoms with E-state index in [1.54, 1.807) is 0 Å². The number of hydrogen-bond acceptors (Lipinski definition) is 6. The van der Waals surface area contributed by atoms with Gasteiger partial charge in [-0.2, -0.15) is 4.98 Å². The van der Waals surface area contributed by atoms with Crippen LogP contribution in [0.15, 0.2) is 6.20 Å². The van der Waals surface area contributed by atoms with Crippen LogP contribution in [0, 0.1) is 5.82 Å². The Bertz CT molecular complexity index is 431. The van der Waals surface area contributed by atoms with Crippen LogP contribution in [0.25, 0.3) is 0 Å². The Morgan fingerprint density at radius 3 is 3.10 bits per heavy atom. The van der Waals surface area contributed by atoms with Gasteiger partial charge in [-0.25, -0.2) is 9.37 Å². The van der Waals surface area contributed by atoms with Gasteiger partial charge in [-0.15, -0.1) is 0 Å². The number of halogens is 1. The van der Waals surface area contributed by atoms with Crippen LogP contribution in [-0.2, 0) is 4.74 Å². The Morgan fingerprint density at radius 2 is 2.35 bits per heavy atom. The minimum absolute atomic E-state index is 0.0511. The van der Waals surface area contributed by atoms with Crippen LogP contribution in [-0.4, -0.2) is 60.8 Å². The van der Waals surface area contributed by atoms with E-state index >= 15 is 0 Å². The van der Waals surface area contributed by atoms with Crippen molar-refractivity contribution in [2.24, 2.45) is 0 Å². The Hall–Kier alpha value is -1.47. The number of rotatable bonds is 6. The molecule has 6 nitrogen and oxygen atoms in total. The molecule has 2 rings (SSSR count). The smallest absolute Gasteiger partial charge is 0.224 e. The topological polar surface area (TPSA) is 62.3 Å². The molecule has 0 spiro atoms. The maximum absolute atomic E-state index is 13.7. The molecule has 20 heavy (non-hydrogen) atoms. The largest absolute Gasteiger partial charge is 0.374 e. The number of hydrogen-bond donors (Lipinski definition) is 2. The molecule has 1 unspecified atom stereocenters. The Kier molecular flexibility index (Phi) is 5.49. The lowest BCUT2D eigenvalue weighted by Gasteiger charge is -2.30. The van der Waals surface area contributed by atoms with Crippen molar-refractivity contribution in [3.05, 3.63) is 12.0 Å². The highest BCUT2D eigenvalue weighted by molar-refractivity contribution is 5.41. The molecule has 0 radical (unpaired) electrons. The van der Waals surface area contributed by atoms with Gasteiger partial charge in [0.1, 0.15) is 0 Å². The molecule has 1 aliphatic heterocycles. The van der Waals surface area contributed by atoms with Gasteiger partial charge in [-0.1, -0.05) is 6.92 Å². The summed E-state index contributed by atoms with van der Waals surface area (Å²) in [4.78, 5) is 10.2. The average Bonchev–Trinajstić information content (AvgIpc) is 2.45. The lowest BCUT2D eigenvalue weighted by molar-refractivity contribution is -0.0117. The van der Waals surface area contributed by atoms with Crippen molar-refractivity contribution in [2.45, 2.75) is 19.4 Å². The predicted octanol–water partition coefficient (Wildman–Crippen LogP) is 1.18. The minimum Gasteiger partial charge on any atom is -0.374 e. The van der Waals surface area contributed by atoms with Gasteiger partial charge < -0.3 is 20.3 Å². The molecule has 0 saturated carbocycles. The highest BCUT2D eigenvalue weighted by Crippen LogP contribution is 2.13. The Balaban J connectivity index is 1.90. The Labute approximate surface area is 118 Å². The summed E-state index contributed by atoms with van der Waals surface area (Å²) >= 11 is 0. The second-order valence-electron chi connectivity index (χ2n) is 4.95. The number of ether oxygens (including phenoxy) is 1. The third-order valence-electron chi connectivity index (χ3n) is 3.12. The standard InChI is InChI=1S/C13H22FN5O/c1-3-4-15-13-17-8-11(14)12(18-13)16-7-10-9-19(2)5-6-20-10/h8,10H,3-7,9H2,1-2H3,(H2,15,16,17,18). The molecule has 1 aromatic rings. The van der Waals surface area contributed by atoms with E-state index in [1.165, 1.54) is 6.20 Å². The quantitative estimate of drug-likeness (QED) is 0.817. The molecule has 0 aromatic carbocycles. The molecule has 0 bridgehead atoms. The number of likely N-dealkylation sites (N-methyl/N-ethyl adjacent to an activating group) is 1. The van der Waals surface area contributed by atoms with Crippen molar-refractivity contribution in [2.75, 3.05) is 50.5 Å². The number of nitrogens with one attached hydrogen (secondary N) is 2. The van der Waals surface area contributed by atoms with Crippen LogP contribution in [0.1, 0.15) is 13.3 Å². The molecule has 0 amide bonds. The lowest BCUT2D eigenvalue weighted by atomic mass is 10.3. The van der Waals surface area contributed by atoms with Gasteiger partial charge in [-0.05, 0) is 13.5 Å². The first-order chi connectivity index (χ1) is 9.69. The number of morpholine rings is 1. The van der Waals surface area contributed by atoms with Crippen LogP contribution in [0.4, 0.5) is 16.2 Å². The third-order valence-corrected chi connectivity index (χ3v) is 3.12. The average molecular weight is 283 g/mol. The Morgan fingerprint density at radius 1 is 1.50 bits per heavy atom. The van der Waals surface area contributed by atoms with E-state index in [1.807, 2.05) is 14.0 Å². The zero-order valence-electron chi connectivity index (χ0n) is 12.0. The van der Waals surface area contributed by atoms with Crippen LogP contribution < -0.4 is 10.6 Å². The van der Waals surface area contributed by atoms with Gasteiger partial charge in [0.2, 0.25) is 5.95 Å². The predicted molar refractivity (Wildman–Crippen MR) is 76.5 cm³/mol. The molecule has 7 heteroatoms. The van der Waals surface area contributed by atoms with Crippen molar-refractivity contribution in [3.8, 4) is 0 Å². The van der Waals surface area contributed by atoms with Gasteiger partial charge in [-0.3, -0.25) is 0 Å². The van der Waals surface area contributed by atoms with Gasteiger partial charge in [0, 0.05) is 26.2 Å². The summed E-state index contributed by atoms with van der Waals surface area (Å²) in [6, 6.07) is 0. The minimum atomic E-state index is -0.448. The molecular weight excluding hydrogens is 261 g/mol. The summed E-state index contributed by atoms with van der Waals surface area (Å²) in [5, 5.41) is 6.04. The van der Waals surface area contributed by atoms with E-state index in [2.05, 4.69) is 25.5 Å². The fraction of sp³-hybridized carbons (Fsp3) is 0.692. The molecule has 1 atom stereocenters. The van der Waals surface area contributed by atoms with Crippen LogP contribution >= 0.6 is 0 Å². The van der Waals surface area contributed by atoms with Gasteiger partial charge in [0.05, 0.1) is 18.9 Å². The van der Waals surface area contributed by atoms with Crippen molar-refractivity contribution in [3.63, 3.8) is 0 Å². The third kappa shape index (κ3) is 4.28.